The van der Waals surface area contributed by atoms with E-state index >= 15 is 0 Å². The standard InChI is InChI=1S/C20H18FNO3/c1-13-9-19(23)25-20-16(13)5-6-18-17(20)11-22(12-24-18)8-7-14-3-2-4-15(21)10-14/h2-6,9-10H,7-8,11-12H2,1H3. The number of ether oxygens (including phenoxy) is 1. The first-order chi connectivity index (χ1) is 12.1. The molecule has 0 spiro atoms. The predicted octanol–water partition coefficient (Wildman–Crippen LogP) is 3.64. The fourth-order valence-corrected chi connectivity index (χ4v) is 3.26. The predicted molar refractivity (Wildman–Crippen MR) is 93.2 cm³/mol. The molecular weight excluding hydrogens is 321 g/mol. The third-order valence-corrected chi connectivity index (χ3v) is 4.57. The third kappa shape index (κ3) is 3.15. The van der Waals surface area contributed by atoms with Crippen molar-refractivity contribution in [3.63, 3.8) is 0 Å². The Balaban J connectivity index is 1.59. The van der Waals surface area contributed by atoms with E-state index in [2.05, 4.69) is 4.90 Å². The van der Waals surface area contributed by atoms with E-state index in [1.165, 1.54) is 12.1 Å². The summed E-state index contributed by atoms with van der Waals surface area (Å²) in [5, 5.41) is 0.925. The van der Waals surface area contributed by atoms with Crippen molar-refractivity contribution in [2.75, 3.05) is 13.3 Å². The summed E-state index contributed by atoms with van der Waals surface area (Å²) >= 11 is 0. The highest BCUT2D eigenvalue weighted by Gasteiger charge is 2.21. The minimum atomic E-state index is -0.352. The number of halogens is 1. The van der Waals surface area contributed by atoms with Crippen molar-refractivity contribution in [1.29, 1.82) is 0 Å². The van der Waals surface area contributed by atoms with Gasteiger partial charge in [-0.3, -0.25) is 4.90 Å². The SMILES string of the molecule is Cc1cc(=O)oc2c3c(ccc12)OCN(CCc1cccc(F)c1)C3. The fraction of sp³-hybridized carbons (Fsp3) is 0.250. The molecule has 0 amide bonds. The van der Waals surface area contributed by atoms with E-state index in [0.717, 1.165) is 40.8 Å². The first-order valence-electron chi connectivity index (χ1n) is 8.26. The van der Waals surface area contributed by atoms with Crippen molar-refractivity contribution >= 4 is 11.0 Å². The molecule has 0 saturated carbocycles. The van der Waals surface area contributed by atoms with Gasteiger partial charge in [0.05, 0.1) is 5.56 Å². The number of fused-ring (bicyclic) bond motifs is 3. The van der Waals surface area contributed by atoms with E-state index < -0.39 is 0 Å². The molecule has 5 heteroatoms. The van der Waals surface area contributed by atoms with Crippen LogP contribution in [-0.4, -0.2) is 18.2 Å². The molecule has 0 saturated heterocycles. The van der Waals surface area contributed by atoms with Gasteiger partial charge < -0.3 is 9.15 Å². The van der Waals surface area contributed by atoms with Crippen molar-refractivity contribution in [2.24, 2.45) is 0 Å². The van der Waals surface area contributed by atoms with Crippen LogP contribution in [0.2, 0.25) is 0 Å². The van der Waals surface area contributed by atoms with Crippen LogP contribution in [0, 0.1) is 12.7 Å². The first kappa shape index (κ1) is 15.8. The van der Waals surface area contributed by atoms with E-state index in [4.69, 9.17) is 9.15 Å². The smallest absolute Gasteiger partial charge is 0.336 e. The molecule has 2 heterocycles. The van der Waals surface area contributed by atoms with Gasteiger partial charge in [0.2, 0.25) is 0 Å². The highest BCUT2D eigenvalue weighted by molar-refractivity contribution is 5.85. The molecular formula is C20H18FNO3. The molecule has 0 unspecified atom stereocenters. The van der Waals surface area contributed by atoms with Gasteiger partial charge in [0.1, 0.15) is 23.9 Å². The summed E-state index contributed by atoms with van der Waals surface area (Å²) < 4.78 is 24.6. The average molecular weight is 339 g/mol. The molecule has 1 aliphatic heterocycles. The van der Waals surface area contributed by atoms with Crippen molar-refractivity contribution in [2.45, 2.75) is 19.9 Å². The summed E-state index contributed by atoms with van der Waals surface area (Å²) in [6.45, 7) is 3.73. The normalized spacial score (nSPS) is 14.3. The lowest BCUT2D eigenvalue weighted by Crippen LogP contribution is -2.33. The van der Waals surface area contributed by atoms with Crippen molar-refractivity contribution in [1.82, 2.24) is 4.90 Å². The van der Waals surface area contributed by atoms with Crippen LogP contribution in [0.1, 0.15) is 16.7 Å². The molecule has 0 aliphatic carbocycles. The minimum Gasteiger partial charge on any atom is -0.478 e. The lowest BCUT2D eigenvalue weighted by atomic mass is 10.0. The van der Waals surface area contributed by atoms with Gasteiger partial charge in [0, 0.05) is 24.5 Å². The zero-order valence-corrected chi connectivity index (χ0v) is 13.9. The molecule has 25 heavy (non-hydrogen) atoms. The first-order valence-corrected chi connectivity index (χ1v) is 8.26. The topological polar surface area (TPSA) is 42.7 Å². The van der Waals surface area contributed by atoms with Crippen molar-refractivity contribution < 1.29 is 13.5 Å². The van der Waals surface area contributed by atoms with Gasteiger partial charge >= 0.3 is 5.63 Å². The van der Waals surface area contributed by atoms with Crippen LogP contribution in [0.5, 0.6) is 5.75 Å². The van der Waals surface area contributed by atoms with Gasteiger partial charge in [-0.1, -0.05) is 12.1 Å². The lowest BCUT2D eigenvalue weighted by molar-refractivity contribution is 0.0967. The van der Waals surface area contributed by atoms with Crippen LogP contribution in [-0.2, 0) is 13.0 Å². The average Bonchev–Trinajstić information content (AvgIpc) is 2.59. The number of aryl methyl sites for hydroxylation is 1. The van der Waals surface area contributed by atoms with Gasteiger partial charge in [-0.05, 0) is 48.7 Å². The molecule has 0 radical (unpaired) electrons. The zero-order chi connectivity index (χ0) is 17.4. The Hall–Kier alpha value is -2.66. The summed E-state index contributed by atoms with van der Waals surface area (Å²) in [7, 11) is 0. The highest BCUT2D eigenvalue weighted by Crippen LogP contribution is 2.32. The summed E-state index contributed by atoms with van der Waals surface area (Å²) in [5.74, 6) is 0.532. The molecule has 0 bridgehead atoms. The van der Waals surface area contributed by atoms with Crippen LogP contribution in [0.4, 0.5) is 4.39 Å². The Morgan fingerprint density at radius 3 is 2.92 bits per heavy atom. The van der Waals surface area contributed by atoms with E-state index in [1.54, 1.807) is 12.1 Å². The van der Waals surface area contributed by atoms with Crippen LogP contribution in [0.25, 0.3) is 11.0 Å². The Morgan fingerprint density at radius 1 is 1.20 bits per heavy atom. The summed E-state index contributed by atoms with van der Waals surface area (Å²) in [5.41, 5.74) is 2.98. The monoisotopic (exact) mass is 339 g/mol. The van der Waals surface area contributed by atoms with Crippen LogP contribution >= 0.6 is 0 Å². The Morgan fingerprint density at radius 2 is 2.08 bits per heavy atom. The molecule has 0 N–H and O–H groups in total. The number of rotatable bonds is 3. The van der Waals surface area contributed by atoms with Gasteiger partial charge in [-0.2, -0.15) is 0 Å². The Labute approximate surface area is 144 Å². The summed E-state index contributed by atoms with van der Waals surface area (Å²) in [6, 6.07) is 12.0. The maximum atomic E-state index is 13.3. The molecule has 0 fully saturated rings. The lowest BCUT2D eigenvalue weighted by Gasteiger charge is -2.29. The molecule has 1 aromatic heterocycles. The molecule has 2 aromatic carbocycles. The Kier molecular flexibility index (Phi) is 4.01. The van der Waals surface area contributed by atoms with E-state index in [9.17, 15) is 9.18 Å². The Bertz CT molecular complexity index is 996. The zero-order valence-electron chi connectivity index (χ0n) is 13.9. The maximum Gasteiger partial charge on any atom is 0.336 e. The van der Waals surface area contributed by atoms with Crippen LogP contribution in [0.15, 0.2) is 51.7 Å². The third-order valence-electron chi connectivity index (χ3n) is 4.57. The molecule has 3 aromatic rings. The largest absolute Gasteiger partial charge is 0.478 e. The number of hydrogen-bond acceptors (Lipinski definition) is 4. The quantitative estimate of drug-likeness (QED) is 0.684. The van der Waals surface area contributed by atoms with E-state index in [-0.39, 0.29) is 11.4 Å². The summed E-state index contributed by atoms with van der Waals surface area (Å²) in [6.07, 6.45) is 0.726. The number of nitrogens with zero attached hydrogens (tertiary/aromatic N) is 1. The second kappa shape index (κ2) is 6.33. The van der Waals surface area contributed by atoms with Gasteiger partial charge in [0.15, 0.2) is 0 Å². The molecule has 1 aliphatic rings. The minimum absolute atomic E-state index is 0.221. The fourth-order valence-electron chi connectivity index (χ4n) is 3.26. The molecule has 4 rings (SSSR count). The highest BCUT2D eigenvalue weighted by atomic mass is 19.1. The van der Waals surface area contributed by atoms with Gasteiger partial charge in [-0.25, -0.2) is 9.18 Å². The van der Waals surface area contributed by atoms with E-state index in [1.807, 2.05) is 25.1 Å². The molecule has 128 valence electrons. The van der Waals surface area contributed by atoms with Crippen molar-refractivity contribution in [3.8, 4) is 5.75 Å². The van der Waals surface area contributed by atoms with Crippen molar-refractivity contribution in [3.05, 3.63) is 75.4 Å². The summed E-state index contributed by atoms with van der Waals surface area (Å²) in [4.78, 5) is 13.9. The number of hydrogen-bond donors (Lipinski definition) is 0. The second-order valence-corrected chi connectivity index (χ2v) is 6.37. The molecule has 4 nitrogen and oxygen atoms in total. The van der Waals surface area contributed by atoms with Crippen LogP contribution in [0.3, 0.4) is 0 Å². The van der Waals surface area contributed by atoms with Gasteiger partial charge in [-0.15, -0.1) is 0 Å². The van der Waals surface area contributed by atoms with Gasteiger partial charge in [0.25, 0.3) is 0 Å². The second-order valence-electron chi connectivity index (χ2n) is 6.37. The molecule has 0 atom stereocenters. The maximum absolute atomic E-state index is 13.3. The van der Waals surface area contributed by atoms with Crippen LogP contribution < -0.4 is 10.4 Å². The van der Waals surface area contributed by atoms with E-state index in [0.29, 0.717) is 18.9 Å². The number of benzene rings is 2.